The number of aromatic hydroxyl groups is 1. The van der Waals surface area contributed by atoms with Crippen molar-refractivity contribution in [1.29, 1.82) is 0 Å². The van der Waals surface area contributed by atoms with Gasteiger partial charge in [-0.1, -0.05) is 19.8 Å². The van der Waals surface area contributed by atoms with Crippen molar-refractivity contribution in [1.82, 2.24) is 4.90 Å². The van der Waals surface area contributed by atoms with Crippen LogP contribution in [-0.4, -0.2) is 36.2 Å². The van der Waals surface area contributed by atoms with E-state index in [0.717, 1.165) is 30.9 Å². The van der Waals surface area contributed by atoms with Gasteiger partial charge in [0.15, 0.2) is 0 Å². The Kier molecular flexibility index (Phi) is 5.52. The summed E-state index contributed by atoms with van der Waals surface area (Å²) in [7, 11) is 0. The van der Waals surface area contributed by atoms with Crippen LogP contribution < -0.4 is 4.74 Å². The average Bonchev–Trinajstić information content (AvgIpc) is 2.69. The minimum Gasteiger partial charge on any atom is -0.508 e. The zero-order valence-electron chi connectivity index (χ0n) is 11.9. The van der Waals surface area contributed by atoms with E-state index in [1.165, 1.54) is 38.8 Å². The van der Waals surface area contributed by atoms with Gasteiger partial charge in [0, 0.05) is 6.54 Å². The van der Waals surface area contributed by atoms with Crippen LogP contribution in [-0.2, 0) is 6.42 Å². The van der Waals surface area contributed by atoms with Gasteiger partial charge in [0.1, 0.15) is 18.1 Å². The molecule has 0 aliphatic carbocycles. The molecule has 19 heavy (non-hydrogen) atoms. The monoisotopic (exact) mass is 263 g/mol. The van der Waals surface area contributed by atoms with E-state index in [1.54, 1.807) is 12.1 Å². The third-order valence-electron chi connectivity index (χ3n) is 3.79. The fraction of sp³-hybridized carbons (Fsp3) is 0.625. The smallest absolute Gasteiger partial charge is 0.122 e. The molecule has 1 N–H and O–H groups in total. The van der Waals surface area contributed by atoms with Crippen LogP contribution in [0.5, 0.6) is 11.5 Å². The number of aryl methyl sites for hydroxylation is 1. The number of hydrogen-bond donors (Lipinski definition) is 1. The molecule has 106 valence electrons. The average molecular weight is 263 g/mol. The van der Waals surface area contributed by atoms with Gasteiger partial charge in [-0.15, -0.1) is 0 Å². The van der Waals surface area contributed by atoms with Crippen molar-refractivity contribution in [2.24, 2.45) is 0 Å². The highest BCUT2D eigenvalue weighted by molar-refractivity contribution is 5.39. The number of likely N-dealkylation sites (tertiary alicyclic amines) is 1. The molecule has 0 atom stereocenters. The molecule has 1 aliphatic heterocycles. The maximum absolute atomic E-state index is 9.47. The Balaban J connectivity index is 1.81. The van der Waals surface area contributed by atoms with Crippen molar-refractivity contribution in [3.8, 4) is 11.5 Å². The number of phenols is 1. The van der Waals surface area contributed by atoms with Crippen molar-refractivity contribution in [2.45, 2.75) is 39.0 Å². The molecule has 0 radical (unpaired) electrons. The van der Waals surface area contributed by atoms with E-state index in [1.807, 2.05) is 6.07 Å². The molecule has 0 bridgehead atoms. The van der Waals surface area contributed by atoms with Crippen LogP contribution in [0.25, 0.3) is 0 Å². The minimum absolute atomic E-state index is 0.316. The molecule has 0 unspecified atom stereocenters. The summed E-state index contributed by atoms with van der Waals surface area (Å²) in [5.41, 5.74) is 1.08. The van der Waals surface area contributed by atoms with E-state index >= 15 is 0 Å². The van der Waals surface area contributed by atoms with Crippen molar-refractivity contribution in [3.05, 3.63) is 23.8 Å². The molecule has 1 aliphatic rings. The fourth-order valence-electron chi connectivity index (χ4n) is 2.63. The van der Waals surface area contributed by atoms with Gasteiger partial charge in [-0.2, -0.15) is 0 Å². The van der Waals surface area contributed by atoms with Crippen LogP contribution in [0.15, 0.2) is 18.2 Å². The van der Waals surface area contributed by atoms with Crippen molar-refractivity contribution >= 4 is 0 Å². The Morgan fingerprint density at radius 2 is 1.89 bits per heavy atom. The van der Waals surface area contributed by atoms with Crippen molar-refractivity contribution in [2.75, 3.05) is 26.2 Å². The number of hydrogen-bond acceptors (Lipinski definition) is 3. The molecule has 3 nitrogen and oxygen atoms in total. The van der Waals surface area contributed by atoms with Crippen LogP contribution in [0, 0.1) is 0 Å². The van der Waals surface area contributed by atoms with Gasteiger partial charge in [-0.3, -0.25) is 4.90 Å². The number of nitrogens with zero attached hydrogens (tertiary/aromatic N) is 1. The van der Waals surface area contributed by atoms with Gasteiger partial charge in [-0.05, 0) is 56.1 Å². The van der Waals surface area contributed by atoms with Gasteiger partial charge in [0.05, 0.1) is 0 Å². The summed E-state index contributed by atoms with van der Waals surface area (Å²) < 4.78 is 5.87. The fourth-order valence-corrected chi connectivity index (χ4v) is 2.63. The lowest BCUT2D eigenvalue weighted by atomic mass is 10.1. The summed E-state index contributed by atoms with van der Waals surface area (Å²) in [6.07, 6.45) is 6.26. The summed E-state index contributed by atoms with van der Waals surface area (Å²) >= 11 is 0. The maximum atomic E-state index is 9.47. The van der Waals surface area contributed by atoms with E-state index < -0.39 is 0 Å². The highest BCUT2D eigenvalue weighted by atomic mass is 16.5. The van der Waals surface area contributed by atoms with Crippen LogP contribution in [0.1, 0.15) is 38.2 Å². The quantitative estimate of drug-likeness (QED) is 0.885. The first kappa shape index (κ1) is 14.2. The molecular formula is C16H25NO2. The zero-order chi connectivity index (χ0) is 13.5. The van der Waals surface area contributed by atoms with E-state index in [2.05, 4.69) is 11.8 Å². The van der Waals surface area contributed by atoms with Crippen LogP contribution in [0.4, 0.5) is 0 Å². The predicted octanol–water partition coefficient (Wildman–Crippen LogP) is 3.21. The maximum Gasteiger partial charge on any atom is 0.122 e. The second-order valence-corrected chi connectivity index (χ2v) is 5.25. The van der Waals surface area contributed by atoms with Crippen LogP contribution >= 0.6 is 0 Å². The Morgan fingerprint density at radius 1 is 1.16 bits per heavy atom. The second-order valence-electron chi connectivity index (χ2n) is 5.25. The van der Waals surface area contributed by atoms with Crippen LogP contribution in [0.2, 0.25) is 0 Å². The highest BCUT2D eigenvalue weighted by Gasteiger charge is 2.09. The largest absolute Gasteiger partial charge is 0.508 e. The lowest BCUT2D eigenvalue weighted by molar-refractivity contribution is 0.213. The third kappa shape index (κ3) is 4.43. The number of rotatable bonds is 5. The molecule has 1 aromatic carbocycles. The summed E-state index contributed by atoms with van der Waals surface area (Å²) in [5.74, 6) is 1.23. The van der Waals surface area contributed by atoms with E-state index in [0.29, 0.717) is 5.75 Å². The molecule has 3 heteroatoms. The number of phenolic OH excluding ortho intramolecular Hbond substituents is 1. The Morgan fingerprint density at radius 3 is 2.58 bits per heavy atom. The van der Waals surface area contributed by atoms with Crippen molar-refractivity contribution < 1.29 is 9.84 Å². The Hall–Kier alpha value is -1.22. The van der Waals surface area contributed by atoms with Gasteiger partial charge >= 0.3 is 0 Å². The highest BCUT2D eigenvalue weighted by Crippen LogP contribution is 2.23. The van der Waals surface area contributed by atoms with Gasteiger partial charge in [0.2, 0.25) is 0 Å². The van der Waals surface area contributed by atoms with E-state index in [-0.39, 0.29) is 0 Å². The van der Waals surface area contributed by atoms with Gasteiger partial charge in [-0.25, -0.2) is 0 Å². The van der Waals surface area contributed by atoms with Crippen LogP contribution in [0.3, 0.4) is 0 Å². The summed E-state index contributed by atoms with van der Waals surface area (Å²) in [6, 6.07) is 5.36. The molecular weight excluding hydrogens is 238 g/mol. The lowest BCUT2D eigenvalue weighted by Gasteiger charge is -2.20. The summed E-state index contributed by atoms with van der Waals surface area (Å²) in [4.78, 5) is 2.50. The molecule has 0 aromatic heterocycles. The molecule has 0 spiro atoms. The topological polar surface area (TPSA) is 32.7 Å². The zero-order valence-corrected chi connectivity index (χ0v) is 11.9. The molecule has 1 heterocycles. The molecule has 1 aromatic rings. The second kappa shape index (κ2) is 7.39. The third-order valence-corrected chi connectivity index (χ3v) is 3.79. The number of benzene rings is 1. The molecule has 0 amide bonds. The van der Waals surface area contributed by atoms with E-state index in [4.69, 9.17) is 4.74 Å². The summed E-state index contributed by atoms with van der Waals surface area (Å²) in [6.45, 7) is 6.23. The standard InChI is InChI=1S/C16H25NO2/c1-2-14-13-15(18)7-8-16(14)19-12-11-17-9-5-3-4-6-10-17/h7-8,13,18H,2-6,9-12H2,1H3. The predicted molar refractivity (Wildman–Crippen MR) is 77.9 cm³/mol. The first-order chi connectivity index (χ1) is 9.29. The first-order valence-corrected chi connectivity index (χ1v) is 7.46. The first-order valence-electron chi connectivity index (χ1n) is 7.46. The molecule has 2 rings (SSSR count). The van der Waals surface area contributed by atoms with Crippen molar-refractivity contribution in [3.63, 3.8) is 0 Å². The Labute approximate surface area is 116 Å². The number of ether oxygens (including phenoxy) is 1. The van der Waals surface area contributed by atoms with Gasteiger partial charge in [0.25, 0.3) is 0 Å². The molecule has 1 saturated heterocycles. The minimum atomic E-state index is 0.316. The SMILES string of the molecule is CCc1cc(O)ccc1OCCN1CCCCCC1. The normalized spacial score (nSPS) is 17.1. The lowest BCUT2D eigenvalue weighted by Crippen LogP contribution is -2.29. The van der Waals surface area contributed by atoms with Gasteiger partial charge < -0.3 is 9.84 Å². The molecule has 0 saturated carbocycles. The summed E-state index contributed by atoms with van der Waals surface area (Å²) in [5, 5.41) is 9.47. The van der Waals surface area contributed by atoms with E-state index in [9.17, 15) is 5.11 Å². The Bertz CT molecular complexity index is 384. The molecule has 1 fully saturated rings.